The van der Waals surface area contributed by atoms with E-state index in [1.54, 1.807) is 18.2 Å². The summed E-state index contributed by atoms with van der Waals surface area (Å²) in [4.78, 5) is 46.2. The fourth-order valence-corrected chi connectivity index (χ4v) is 2.81. The van der Waals surface area contributed by atoms with Gasteiger partial charge in [0.2, 0.25) is 23.1 Å². The van der Waals surface area contributed by atoms with Gasteiger partial charge in [0.05, 0.1) is 11.8 Å². The van der Waals surface area contributed by atoms with Gasteiger partial charge in [0, 0.05) is 11.8 Å². The van der Waals surface area contributed by atoms with Crippen molar-refractivity contribution in [1.82, 2.24) is 0 Å². The fraction of sp³-hybridized carbons (Fsp3) is 0.333. The molecule has 4 atom stereocenters. The predicted octanol–water partition coefficient (Wildman–Crippen LogP) is -0.119. The molecule has 4 aliphatic rings. The summed E-state index contributed by atoms with van der Waals surface area (Å²) < 4.78 is 0. The van der Waals surface area contributed by atoms with E-state index in [1.807, 2.05) is 0 Å². The summed E-state index contributed by atoms with van der Waals surface area (Å²) >= 11 is 0. The number of ketones is 4. The lowest BCUT2D eigenvalue weighted by Gasteiger charge is -2.41. The van der Waals surface area contributed by atoms with Gasteiger partial charge < -0.3 is 0 Å². The second-order valence-electron chi connectivity index (χ2n) is 4.36. The molecule has 0 amide bonds. The molecule has 0 unspecified atom stereocenters. The highest BCUT2D eigenvalue weighted by molar-refractivity contribution is 6.47. The first kappa shape index (κ1) is 9.39. The largest absolute Gasteiger partial charge is 0.290 e. The predicted molar refractivity (Wildman–Crippen MR) is 52.3 cm³/mol. The van der Waals surface area contributed by atoms with Gasteiger partial charge in [0.1, 0.15) is 0 Å². The SMILES string of the molecule is O=C1C=C[C@H]2[C@H](C1=O)[C@@H]1C=C[C@H]2C(=O)C1=O. The third-order valence-corrected chi connectivity index (χ3v) is 3.61. The number of hydrogen-bond donors (Lipinski definition) is 0. The highest BCUT2D eigenvalue weighted by Crippen LogP contribution is 2.43. The van der Waals surface area contributed by atoms with Crippen molar-refractivity contribution in [2.24, 2.45) is 23.7 Å². The molecule has 0 aliphatic heterocycles. The first-order chi connectivity index (χ1) is 7.61. The molecule has 4 rings (SSSR count). The Morgan fingerprint density at radius 2 is 1.38 bits per heavy atom. The molecule has 2 bridgehead atoms. The minimum absolute atomic E-state index is 0.301. The molecule has 0 aromatic heterocycles. The first-order valence-corrected chi connectivity index (χ1v) is 5.14. The minimum Gasteiger partial charge on any atom is -0.290 e. The Morgan fingerprint density at radius 3 is 2.12 bits per heavy atom. The molecule has 0 aromatic rings. The number of carbonyl (C=O) groups excluding carboxylic acids is 4. The van der Waals surface area contributed by atoms with E-state index in [-0.39, 0.29) is 5.92 Å². The molecule has 0 heterocycles. The van der Waals surface area contributed by atoms with Crippen molar-refractivity contribution in [1.29, 1.82) is 0 Å². The fourth-order valence-electron chi connectivity index (χ4n) is 2.81. The van der Waals surface area contributed by atoms with Gasteiger partial charge >= 0.3 is 0 Å². The van der Waals surface area contributed by atoms with Gasteiger partial charge in [-0.2, -0.15) is 0 Å². The van der Waals surface area contributed by atoms with E-state index >= 15 is 0 Å². The molecule has 1 fully saturated rings. The second-order valence-corrected chi connectivity index (χ2v) is 4.36. The van der Waals surface area contributed by atoms with E-state index in [4.69, 9.17) is 0 Å². The molecule has 1 saturated carbocycles. The maximum Gasteiger partial charge on any atom is 0.221 e. The van der Waals surface area contributed by atoms with Crippen LogP contribution in [0.1, 0.15) is 0 Å². The lowest BCUT2D eigenvalue weighted by molar-refractivity contribution is -0.151. The molecular formula is C12H8O4. The number of fused-ring (bicyclic) bond motifs is 1. The summed E-state index contributed by atoms with van der Waals surface area (Å²) in [5.41, 5.74) is 0. The van der Waals surface area contributed by atoms with E-state index in [2.05, 4.69) is 0 Å². The van der Waals surface area contributed by atoms with Crippen LogP contribution in [0.3, 0.4) is 0 Å². The van der Waals surface area contributed by atoms with Crippen LogP contribution in [-0.4, -0.2) is 23.1 Å². The van der Waals surface area contributed by atoms with Crippen LogP contribution in [0.4, 0.5) is 0 Å². The molecule has 4 aliphatic carbocycles. The number of allylic oxidation sites excluding steroid dienone is 4. The summed E-state index contributed by atoms with van der Waals surface area (Å²) in [6.07, 6.45) is 6.10. The van der Waals surface area contributed by atoms with Gasteiger partial charge in [-0.1, -0.05) is 18.2 Å². The maximum atomic E-state index is 11.7. The normalized spacial score (nSPS) is 40.5. The lowest BCUT2D eigenvalue weighted by atomic mass is 9.58. The highest BCUT2D eigenvalue weighted by atomic mass is 16.2. The Hall–Kier alpha value is -1.84. The Kier molecular flexibility index (Phi) is 1.67. The molecule has 0 spiro atoms. The number of Topliss-reactive ketones (excluding diaryl/α,β-unsaturated/α-hetero) is 3. The molecule has 4 heteroatoms. The molecule has 0 N–H and O–H groups in total. The number of carbonyl (C=O) groups is 4. The smallest absolute Gasteiger partial charge is 0.221 e. The van der Waals surface area contributed by atoms with Crippen molar-refractivity contribution in [3.8, 4) is 0 Å². The van der Waals surface area contributed by atoms with E-state index < -0.39 is 40.9 Å². The van der Waals surface area contributed by atoms with Crippen molar-refractivity contribution in [2.45, 2.75) is 0 Å². The number of hydrogen-bond acceptors (Lipinski definition) is 4. The van der Waals surface area contributed by atoms with E-state index in [1.165, 1.54) is 6.08 Å². The van der Waals surface area contributed by atoms with Crippen LogP contribution >= 0.6 is 0 Å². The van der Waals surface area contributed by atoms with E-state index in [9.17, 15) is 19.2 Å². The maximum absolute atomic E-state index is 11.7. The average Bonchev–Trinajstić information content (AvgIpc) is 2.29. The van der Waals surface area contributed by atoms with Crippen molar-refractivity contribution in [3.63, 3.8) is 0 Å². The molecule has 0 saturated heterocycles. The van der Waals surface area contributed by atoms with Gasteiger partial charge in [-0.3, -0.25) is 19.2 Å². The lowest BCUT2D eigenvalue weighted by Crippen LogP contribution is -2.53. The molecule has 4 nitrogen and oxygen atoms in total. The zero-order chi connectivity index (χ0) is 11.4. The molecule has 80 valence electrons. The van der Waals surface area contributed by atoms with Crippen LogP contribution in [0.5, 0.6) is 0 Å². The van der Waals surface area contributed by atoms with Crippen molar-refractivity contribution >= 4 is 23.1 Å². The van der Waals surface area contributed by atoms with Gasteiger partial charge in [-0.15, -0.1) is 0 Å². The standard InChI is InChI=1S/C12H8O4/c13-8-4-3-5-6-1-2-7(9(5)12(8)16)11(15)10(6)14/h1-7,9H/t5-,6-,7+,9+/m1/s1. The van der Waals surface area contributed by atoms with Gasteiger partial charge in [-0.25, -0.2) is 0 Å². The topological polar surface area (TPSA) is 68.3 Å². The van der Waals surface area contributed by atoms with Crippen LogP contribution in [0.2, 0.25) is 0 Å². The first-order valence-electron chi connectivity index (χ1n) is 5.14. The number of rotatable bonds is 0. The van der Waals surface area contributed by atoms with Crippen molar-refractivity contribution < 1.29 is 19.2 Å². The molecule has 0 radical (unpaired) electrons. The Bertz CT molecular complexity index is 497. The third-order valence-electron chi connectivity index (χ3n) is 3.61. The second kappa shape index (κ2) is 2.84. The summed E-state index contributed by atoms with van der Waals surface area (Å²) in [5.74, 6) is -4.26. The van der Waals surface area contributed by atoms with Gasteiger partial charge in [0.25, 0.3) is 0 Å². The van der Waals surface area contributed by atoms with Gasteiger partial charge in [-0.05, 0) is 6.08 Å². The van der Waals surface area contributed by atoms with Crippen molar-refractivity contribution in [2.75, 3.05) is 0 Å². The third kappa shape index (κ3) is 0.939. The highest BCUT2D eigenvalue weighted by Gasteiger charge is 2.54. The summed E-state index contributed by atoms with van der Waals surface area (Å²) in [7, 11) is 0. The molecule has 0 aromatic carbocycles. The minimum atomic E-state index is -0.719. The van der Waals surface area contributed by atoms with Gasteiger partial charge in [0.15, 0.2) is 0 Å². The summed E-state index contributed by atoms with van der Waals surface area (Å²) in [6.45, 7) is 0. The van der Waals surface area contributed by atoms with Crippen LogP contribution in [0.25, 0.3) is 0 Å². The quantitative estimate of drug-likeness (QED) is 0.418. The monoisotopic (exact) mass is 216 g/mol. The van der Waals surface area contributed by atoms with Crippen LogP contribution in [0, 0.1) is 23.7 Å². The zero-order valence-electron chi connectivity index (χ0n) is 8.25. The average molecular weight is 216 g/mol. The van der Waals surface area contributed by atoms with E-state index in [0.717, 1.165) is 0 Å². The Morgan fingerprint density at radius 1 is 0.750 bits per heavy atom. The Labute approximate surface area is 91.0 Å². The van der Waals surface area contributed by atoms with Crippen LogP contribution in [-0.2, 0) is 19.2 Å². The van der Waals surface area contributed by atoms with Crippen LogP contribution in [0.15, 0.2) is 24.3 Å². The van der Waals surface area contributed by atoms with Crippen LogP contribution < -0.4 is 0 Å². The van der Waals surface area contributed by atoms with E-state index in [0.29, 0.717) is 0 Å². The summed E-state index contributed by atoms with van der Waals surface area (Å²) in [6, 6.07) is 0. The molecular weight excluding hydrogens is 208 g/mol. The Balaban J connectivity index is 2.15. The molecule has 16 heavy (non-hydrogen) atoms. The summed E-state index contributed by atoms with van der Waals surface area (Å²) in [5, 5.41) is 0. The van der Waals surface area contributed by atoms with Crippen molar-refractivity contribution in [3.05, 3.63) is 24.3 Å². The zero-order valence-corrected chi connectivity index (χ0v) is 8.25.